The topological polar surface area (TPSA) is 4.93 Å². The average molecular weight is 742 g/mol. The first-order valence-corrected chi connectivity index (χ1v) is 20.5. The summed E-state index contributed by atoms with van der Waals surface area (Å²) >= 11 is 1.89. The first-order chi connectivity index (χ1) is 28.2. The van der Waals surface area contributed by atoms with Crippen molar-refractivity contribution in [2.24, 2.45) is 0 Å². The summed E-state index contributed by atoms with van der Waals surface area (Å²) in [4.78, 5) is 2.57. The molecule has 1 aromatic heterocycles. The van der Waals surface area contributed by atoms with Crippen molar-refractivity contribution in [2.45, 2.75) is 15.7 Å². The van der Waals surface area contributed by atoms with Gasteiger partial charge in [0.05, 0.1) is 11.0 Å². The Morgan fingerprint density at radius 3 is 1.96 bits per heavy atom. The number of allylic oxidation sites excluding steroid dienone is 1. The van der Waals surface area contributed by atoms with E-state index >= 15 is 0 Å². The number of aromatic nitrogens is 1. The van der Waals surface area contributed by atoms with Crippen LogP contribution in [0.15, 0.2) is 210 Å². The lowest BCUT2D eigenvalue weighted by Gasteiger charge is -2.23. The maximum atomic E-state index is 4.86. The SMILES string of the molecule is C=C(c1ccc2c(c1)Sc1cc3c(c4cccc-2c14)c1ccccc1n3-c1ccccc1)[C@@H]1c2ccccc2-c2cc(-c3cccc(-c4ccccc4)c3)ccc21. The van der Waals surface area contributed by atoms with Crippen LogP contribution in [-0.4, -0.2) is 4.57 Å². The lowest BCUT2D eigenvalue weighted by atomic mass is 9.85. The zero-order valence-corrected chi connectivity index (χ0v) is 31.9. The van der Waals surface area contributed by atoms with Crippen LogP contribution < -0.4 is 0 Å². The van der Waals surface area contributed by atoms with E-state index in [0.717, 1.165) is 5.57 Å². The van der Waals surface area contributed by atoms with Gasteiger partial charge in [-0.05, 0) is 115 Å². The van der Waals surface area contributed by atoms with Gasteiger partial charge in [0.15, 0.2) is 0 Å². The molecular formula is C55H35NS. The standard InChI is InChI=1S/C55H35NS/c1-34(53-43-21-9-8-20-41(43)48-31-39(27-29-45(48)53)38-17-12-16-37(30-38)35-14-4-2-5-15-35)36-26-28-42-44-23-13-24-47-54-46-22-10-11-25-49(46)56(40-18-6-3-7-19-40)50(54)33-52(55(44)47)57-51(42)32-36/h2-33,53H,1H2/t53-/m1/s1. The van der Waals surface area contributed by atoms with Crippen molar-refractivity contribution in [3.05, 3.63) is 217 Å². The highest BCUT2D eigenvalue weighted by atomic mass is 32.2. The van der Waals surface area contributed by atoms with Gasteiger partial charge in [-0.15, -0.1) is 0 Å². The fraction of sp³-hybridized carbons (Fsp3) is 0.0182. The molecule has 1 atom stereocenters. The highest BCUT2D eigenvalue weighted by Crippen LogP contribution is 2.54. The number of hydrogen-bond donors (Lipinski definition) is 0. The largest absolute Gasteiger partial charge is 0.309 e. The number of fused-ring (bicyclic) bond motifs is 9. The van der Waals surface area contributed by atoms with E-state index in [2.05, 4.69) is 199 Å². The summed E-state index contributed by atoms with van der Waals surface area (Å²) in [6, 6.07) is 71.4. The summed E-state index contributed by atoms with van der Waals surface area (Å²) < 4.78 is 2.43. The summed E-state index contributed by atoms with van der Waals surface area (Å²) in [6.07, 6.45) is 0. The molecule has 0 amide bonds. The number of hydrogen-bond acceptors (Lipinski definition) is 1. The first-order valence-electron chi connectivity index (χ1n) is 19.6. The zero-order valence-electron chi connectivity index (χ0n) is 31.1. The number of rotatable bonds is 5. The van der Waals surface area contributed by atoms with Gasteiger partial charge in [-0.3, -0.25) is 0 Å². The van der Waals surface area contributed by atoms with Crippen LogP contribution in [0.2, 0.25) is 0 Å². The number of para-hydroxylation sites is 2. The minimum absolute atomic E-state index is 0.0736. The third-order valence-electron chi connectivity index (χ3n) is 12.2. The molecule has 1 aliphatic carbocycles. The third kappa shape index (κ3) is 4.91. The molecular weight excluding hydrogens is 707 g/mol. The van der Waals surface area contributed by atoms with Crippen LogP contribution in [0.1, 0.15) is 22.6 Å². The Bertz CT molecular complexity index is 3280. The first kappa shape index (κ1) is 32.4. The van der Waals surface area contributed by atoms with E-state index in [1.165, 1.54) is 109 Å². The summed E-state index contributed by atoms with van der Waals surface area (Å²) in [5, 5.41) is 5.25. The van der Waals surface area contributed by atoms with E-state index in [9.17, 15) is 0 Å². The van der Waals surface area contributed by atoms with Crippen molar-refractivity contribution < 1.29 is 0 Å². The van der Waals surface area contributed by atoms with Crippen LogP contribution in [0.4, 0.5) is 0 Å². The van der Waals surface area contributed by atoms with Gasteiger partial charge in [0, 0.05) is 37.6 Å². The van der Waals surface area contributed by atoms with Crippen LogP contribution in [-0.2, 0) is 0 Å². The molecule has 2 heterocycles. The second kappa shape index (κ2) is 12.6. The molecule has 0 saturated heterocycles. The molecule has 2 aliphatic rings. The predicted molar refractivity (Wildman–Crippen MR) is 241 cm³/mol. The van der Waals surface area contributed by atoms with E-state index < -0.39 is 0 Å². The Labute approximate surface area is 336 Å². The van der Waals surface area contributed by atoms with Gasteiger partial charge < -0.3 is 4.57 Å². The van der Waals surface area contributed by atoms with Crippen molar-refractivity contribution in [3.63, 3.8) is 0 Å². The van der Waals surface area contributed by atoms with Crippen LogP contribution in [0.5, 0.6) is 0 Å². The van der Waals surface area contributed by atoms with E-state index in [0.29, 0.717) is 0 Å². The van der Waals surface area contributed by atoms with Crippen molar-refractivity contribution in [2.75, 3.05) is 0 Å². The van der Waals surface area contributed by atoms with Crippen molar-refractivity contribution >= 4 is 49.9 Å². The fourth-order valence-electron chi connectivity index (χ4n) is 9.64. The molecule has 1 aliphatic heterocycles. The molecule has 266 valence electrons. The molecule has 0 saturated carbocycles. The van der Waals surface area contributed by atoms with Crippen LogP contribution in [0.3, 0.4) is 0 Å². The summed E-state index contributed by atoms with van der Waals surface area (Å²) in [5.74, 6) is 0.0736. The van der Waals surface area contributed by atoms with Crippen molar-refractivity contribution in [1.82, 2.24) is 4.57 Å². The molecule has 0 bridgehead atoms. The van der Waals surface area contributed by atoms with Gasteiger partial charge in [0.25, 0.3) is 0 Å². The average Bonchev–Trinajstić information content (AvgIpc) is 3.79. The molecule has 2 heteroatoms. The molecule has 0 fully saturated rings. The molecule has 12 rings (SSSR count). The second-order valence-corrected chi connectivity index (χ2v) is 16.4. The van der Waals surface area contributed by atoms with E-state index in [-0.39, 0.29) is 5.92 Å². The van der Waals surface area contributed by atoms with Gasteiger partial charge in [-0.2, -0.15) is 0 Å². The molecule has 10 aromatic rings. The van der Waals surface area contributed by atoms with Gasteiger partial charge in [-0.25, -0.2) is 0 Å². The van der Waals surface area contributed by atoms with Crippen LogP contribution >= 0.6 is 11.8 Å². The molecule has 0 radical (unpaired) electrons. The van der Waals surface area contributed by atoms with Crippen molar-refractivity contribution in [1.29, 1.82) is 0 Å². The highest BCUT2D eigenvalue weighted by molar-refractivity contribution is 7.99. The van der Waals surface area contributed by atoms with Crippen molar-refractivity contribution in [3.8, 4) is 50.2 Å². The summed E-state index contributed by atoms with van der Waals surface area (Å²) in [6.45, 7) is 4.86. The lowest BCUT2D eigenvalue weighted by Crippen LogP contribution is -2.01. The minimum atomic E-state index is 0.0736. The summed E-state index contributed by atoms with van der Waals surface area (Å²) in [5.41, 5.74) is 18.7. The maximum Gasteiger partial charge on any atom is 0.0558 e. The Balaban J connectivity index is 0.957. The molecule has 0 unspecified atom stereocenters. The van der Waals surface area contributed by atoms with Crippen LogP contribution in [0, 0.1) is 0 Å². The highest BCUT2D eigenvalue weighted by Gasteiger charge is 2.32. The summed E-state index contributed by atoms with van der Waals surface area (Å²) in [7, 11) is 0. The fourth-order valence-corrected chi connectivity index (χ4v) is 10.8. The van der Waals surface area contributed by atoms with Crippen LogP contribution in [0.25, 0.3) is 88.3 Å². The predicted octanol–water partition coefficient (Wildman–Crippen LogP) is 15.2. The Hall–Kier alpha value is -6.87. The maximum absolute atomic E-state index is 4.86. The van der Waals surface area contributed by atoms with Gasteiger partial charge in [0.2, 0.25) is 0 Å². The second-order valence-electron chi connectivity index (χ2n) is 15.3. The lowest BCUT2D eigenvalue weighted by molar-refractivity contribution is 1.09. The van der Waals surface area contributed by atoms with E-state index in [1.807, 2.05) is 11.8 Å². The van der Waals surface area contributed by atoms with Gasteiger partial charge in [0.1, 0.15) is 0 Å². The molecule has 0 spiro atoms. The minimum Gasteiger partial charge on any atom is -0.309 e. The van der Waals surface area contributed by atoms with E-state index in [4.69, 9.17) is 6.58 Å². The van der Waals surface area contributed by atoms with Gasteiger partial charge in [-0.1, -0.05) is 170 Å². The Morgan fingerprint density at radius 1 is 0.421 bits per heavy atom. The molecule has 57 heavy (non-hydrogen) atoms. The quantitative estimate of drug-likeness (QED) is 0.170. The molecule has 9 aromatic carbocycles. The normalized spacial score (nSPS) is 13.8. The number of nitrogens with zero attached hydrogens (tertiary/aromatic N) is 1. The Kier molecular flexibility index (Phi) is 7.14. The zero-order chi connectivity index (χ0) is 37.6. The Morgan fingerprint density at radius 2 is 1.09 bits per heavy atom. The number of benzene rings is 9. The van der Waals surface area contributed by atoms with E-state index in [1.54, 1.807) is 0 Å². The third-order valence-corrected chi connectivity index (χ3v) is 13.3. The monoisotopic (exact) mass is 741 g/mol. The smallest absolute Gasteiger partial charge is 0.0558 e. The van der Waals surface area contributed by atoms with Gasteiger partial charge >= 0.3 is 0 Å². The molecule has 0 N–H and O–H groups in total. The molecule has 1 nitrogen and oxygen atoms in total.